The van der Waals surface area contributed by atoms with Crippen LogP contribution in [0.1, 0.15) is 43.9 Å². The second-order valence-corrected chi connectivity index (χ2v) is 7.63. The number of nitrogens with zero attached hydrogens (tertiary/aromatic N) is 3. The molecule has 2 heterocycles. The highest BCUT2D eigenvalue weighted by molar-refractivity contribution is 7.14. The molecule has 2 aromatic rings. The van der Waals surface area contributed by atoms with Crippen LogP contribution in [0.25, 0.3) is 5.57 Å². The van der Waals surface area contributed by atoms with E-state index >= 15 is 0 Å². The van der Waals surface area contributed by atoms with Crippen LogP contribution in [0.3, 0.4) is 0 Å². The quantitative estimate of drug-likeness (QED) is 0.464. The first-order valence-corrected chi connectivity index (χ1v) is 10.5. The highest BCUT2D eigenvalue weighted by Crippen LogP contribution is 2.40. The summed E-state index contributed by atoms with van der Waals surface area (Å²) in [4.78, 5) is 10.5. The smallest absolute Gasteiger partial charge is 0.420 e. The monoisotopic (exact) mass is 423 g/mol. The van der Waals surface area contributed by atoms with Gasteiger partial charge in [-0.3, -0.25) is 4.99 Å². The predicted octanol–water partition coefficient (Wildman–Crippen LogP) is 6.36. The van der Waals surface area contributed by atoms with Gasteiger partial charge in [0.2, 0.25) is 0 Å². The van der Waals surface area contributed by atoms with Crippen LogP contribution in [-0.4, -0.2) is 31.4 Å². The summed E-state index contributed by atoms with van der Waals surface area (Å²) in [6.07, 6.45) is 2.87. The van der Waals surface area contributed by atoms with E-state index in [9.17, 15) is 13.2 Å². The number of unbranched alkanes of at least 4 members (excludes halogenated alkanes) is 2. The number of aliphatic imine (C=N–C) groups is 1. The summed E-state index contributed by atoms with van der Waals surface area (Å²) in [5.41, 5.74) is 1.37. The summed E-state index contributed by atoms with van der Waals surface area (Å²) >= 11 is 1.38. The van der Waals surface area contributed by atoms with Gasteiger partial charge >= 0.3 is 6.18 Å². The molecule has 4 nitrogen and oxygen atoms in total. The van der Waals surface area contributed by atoms with Crippen molar-refractivity contribution < 1.29 is 17.9 Å². The molecule has 8 heteroatoms. The third-order valence-corrected chi connectivity index (χ3v) is 5.51. The predicted molar refractivity (Wildman–Crippen MR) is 113 cm³/mol. The van der Waals surface area contributed by atoms with Crippen molar-refractivity contribution in [2.75, 3.05) is 25.1 Å². The summed E-state index contributed by atoms with van der Waals surface area (Å²) in [6, 6.07) is 4.15. The molecule has 0 unspecified atom stereocenters. The minimum atomic E-state index is -4.49. The standard InChI is InChI=1S/C21H24F3N3OS/c1-3-4-5-11-28-19-9-8-16(12-17(19)21(22,23)24)27(2)20-26-18(14-29-20)15-7-6-10-25-13-15/h7-9,12-14H,3-6,10-11H2,1-2H3. The first kappa shape index (κ1) is 21.4. The molecule has 1 aromatic heterocycles. The molecule has 0 aliphatic carbocycles. The number of aromatic nitrogens is 1. The molecule has 0 amide bonds. The van der Waals surface area contributed by atoms with Gasteiger partial charge in [-0.05, 0) is 31.0 Å². The number of dihydropyridines is 1. The molecule has 156 valence electrons. The zero-order chi connectivity index (χ0) is 20.9. The van der Waals surface area contributed by atoms with Crippen LogP contribution in [0, 0.1) is 0 Å². The van der Waals surface area contributed by atoms with E-state index in [0.29, 0.717) is 10.8 Å². The normalized spacial score (nSPS) is 14.0. The Morgan fingerprint density at radius 2 is 2.07 bits per heavy atom. The SMILES string of the molecule is CCCCCOc1ccc(N(C)c2nc(C3=CCCN=C3)cs2)cc1C(F)(F)F. The van der Waals surface area contributed by atoms with Crippen molar-refractivity contribution in [1.82, 2.24) is 4.98 Å². The van der Waals surface area contributed by atoms with Gasteiger partial charge in [-0.15, -0.1) is 11.3 Å². The first-order chi connectivity index (χ1) is 13.9. The van der Waals surface area contributed by atoms with E-state index < -0.39 is 11.7 Å². The summed E-state index contributed by atoms with van der Waals surface area (Å²) in [6.45, 7) is 3.08. The summed E-state index contributed by atoms with van der Waals surface area (Å²) in [7, 11) is 1.71. The fourth-order valence-corrected chi connectivity index (χ4v) is 3.77. The zero-order valence-corrected chi connectivity index (χ0v) is 17.3. The van der Waals surface area contributed by atoms with E-state index in [-0.39, 0.29) is 12.4 Å². The van der Waals surface area contributed by atoms with E-state index in [1.165, 1.54) is 17.4 Å². The van der Waals surface area contributed by atoms with E-state index in [0.717, 1.165) is 49.6 Å². The molecule has 0 bridgehead atoms. The maximum atomic E-state index is 13.6. The highest BCUT2D eigenvalue weighted by atomic mass is 32.1. The molecule has 29 heavy (non-hydrogen) atoms. The van der Waals surface area contributed by atoms with Crippen LogP contribution in [0.15, 0.2) is 34.6 Å². The summed E-state index contributed by atoms with van der Waals surface area (Å²) in [5, 5.41) is 2.51. The molecule has 0 N–H and O–H groups in total. The maximum Gasteiger partial charge on any atom is 0.420 e. The topological polar surface area (TPSA) is 37.7 Å². The van der Waals surface area contributed by atoms with E-state index in [1.54, 1.807) is 24.2 Å². The van der Waals surface area contributed by atoms with Gasteiger partial charge in [0.15, 0.2) is 5.13 Å². The van der Waals surface area contributed by atoms with Gasteiger partial charge in [0, 0.05) is 36.4 Å². The minimum Gasteiger partial charge on any atom is -0.493 e. The number of allylic oxidation sites excluding steroid dienone is 1. The Morgan fingerprint density at radius 3 is 2.76 bits per heavy atom. The number of anilines is 2. The molecule has 1 aromatic carbocycles. The van der Waals surface area contributed by atoms with Crippen molar-refractivity contribution in [1.29, 1.82) is 0 Å². The van der Waals surface area contributed by atoms with Gasteiger partial charge in [0.1, 0.15) is 5.75 Å². The number of ether oxygens (including phenoxy) is 1. The lowest BCUT2D eigenvalue weighted by Gasteiger charge is -2.20. The molecule has 0 saturated carbocycles. The summed E-state index contributed by atoms with van der Waals surface area (Å²) in [5.74, 6) is -0.130. The van der Waals surface area contributed by atoms with E-state index in [1.807, 2.05) is 12.3 Å². The number of halogens is 3. The van der Waals surface area contributed by atoms with Crippen molar-refractivity contribution in [2.45, 2.75) is 38.8 Å². The fourth-order valence-electron chi connectivity index (χ4n) is 2.95. The minimum absolute atomic E-state index is 0.130. The number of hydrogen-bond acceptors (Lipinski definition) is 5. The second kappa shape index (κ2) is 9.43. The van der Waals surface area contributed by atoms with Gasteiger partial charge < -0.3 is 9.64 Å². The van der Waals surface area contributed by atoms with Gasteiger partial charge in [-0.2, -0.15) is 13.2 Å². The Bertz CT molecular complexity index is 890. The number of hydrogen-bond donors (Lipinski definition) is 0. The van der Waals surface area contributed by atoms with Crippen molar-refractivity contribution in [2.24, 2.45) is 4.99 Å². The molecule has 0 atom stereocenters. The number of rotatable bonds is 8. The summed E-state index contributed by atoms with van der Waals surface area (Å²) < 4.78 is 46.2. The average molecular weight is 424 g/mol. The molecule has 0 radical (unpaired) electrons. The Kier molecular flexibility index (Phi) is 6.95. The van der Waals surface area contributed by atoms with Crippen LogP contribution in [0.5, 0.6) is 5.75 Å². The highest BCUT2D eigenvalue weighted by Gasteiger charge is 2.35. The number of benzene rings is 1. The number of thiazole rings is 1. The lowest BCUT2D eigenvalue weighted by atomic mass is 10.1. The van der Waals surface area contributed by atoms with Crippen LogP contribution >= 0.6 is 11.3 Å². The first-order valence-electron chi connectivity index (χ1n) is 9.64. The Morgan fingerprint density at radius 1 is 1.24 bits per heavy atom. The Balaban J connectivity index is 1.81. The van der Waals surface area contributed by atoms with E-state index in [4.69, 9.17) is 4.74 Å². The molecular weight excluding hydrogens is 399 g/mol. The third-order valence-electron chi connectivity index (χ3n) is 4.59. The van der Waals surface area contributed by atoms with Crippen LogP contribution in [-0.2, 0) is 6.18 Å². The fraction of sp³-hybridized carbons (Fsp3) is 0.429. The molecule has 3 rings (SSSR count). The average Bonchev–Trinajstić information content (AvgIpc) is 3.21. The second-order valence-electron chi connectivity index (χ2n) is 6.79. The Hall–Kier alpha value is -2.35. The molecule has 0 spiro atoms. The third kappa shape index (κ3) is 5.38. The molecular formula is C21H24F3N3OS. The van der Waals surface area contributed by atoms with Crippen molar-refractivity contribution in [3.05, 3.63) is 40.9 Å². The lowest BCUT2D eigenvalue weighted by Crippen LogP contribution is -2.14. The molecule has 0 fully saturated rings. The van der Waals surface area contributed by atoms with Crippen molar-refractivity contribution in [3.63, 3.8) is 0 Å². The Labute approximate surface area is 172 Å². The van der Waals surface area contributed by atoms with Crippen LogP contribution in [0.4, 0.5) is 24.0 Å². The number of alkyl halides is 3. The van der Waals surface area contributed by atoms with Crippen molar-refractivity contribution in [3.8, 4) is 5.75 Å². The van der Waals surface area contributed by atoms with Crippen LogP contribution < -0.4 is 9.64 Å². The van der Waals surface area contributed by atoms with Gasteiger partial charge in [0.05, 0.1) is 17.9 Å². The van der Waals surface area contributed by atoms with Crippen molar-refractivity contribution >= 4 is 33.9 Å². The van der Waals surface area contributed by atoms with Gasteiger partial charge in [0.25, 0.3) is 0 Å². The largest absolute Gasteiger partial charge is 0.493 e. The van der Waals surface area contributed by atoms with Gasteiger partial charge in [-0.25, -0.2) is 4.98 Å². The van der Waals surface area contributed by atoms with Crippen LogP contribution in [0.2, 0.25) is 0 Å². The molecule has 1 aliphatic heterocycles. The lowest BCUT2D eigenvalue weighted by molar-refractivity contribution is -0.138. The van der Waals surface area contributed by atoms with E-state index in [2.05, 4.69) is 16.1 Å². The maximum absolute atomic E-state index is 13.6. The zero-order valence-electron chi connectivity index (χ0n) is 16.5. The molecule has 0 saturated heterocycles. The van der Waals surface area contributed by atoms with Gasteiger partial charge in [-0.1, -0.05) is 25.8 Å². The molecule has 1 aliphatic rings.